The maximum Gasteiger partial charge on any atom is 0.387 e. The highest BCUT2D eigenvalue weighted by atomic mass is 19.3. The number of benzene rings is 2. The van der Waals surface area contributed by atoms with Gasteiger partial charge in [-0.3, -0.25) is 14.9 Å². The van der Waals surface area contributed by atoms with Crippen LogP contribution in [0.25, 0.3) is 11.0 Å². The fourth-order valence-electron chi connectivity index (χ4n) is 2.48. The fraction of sp³-hybridized carbons (Fsp3) is 0.125. The number of nitrogens with zero attached hydrogens (tertiary/aromatic N) is 3. The van der Waals surface area contributed by atoms with Gasteiger partial charge in [-0.1, -0.05) is 12.1 Å². The van der Waals surface area contributed by atoms with E-state index in [0.717, 1.165) is 0 Å². The molecule has 1 N–H and O–H groups in total. The monoisotopic (exact) mass is 362 g/mol. The van der Waals surface area contributed by atoms with Crippen molar-refractivity contribution in [3.63, 3.8) is 0 Å². The summed E-state index contributed by atoms with van der Waals surface area (Å²) in [7, 11) is 0. The minimum absolute atomic E-state index is 0.0958. The van der Waals surface area contributed by atoms with Gasteiger partial charge in [0.15, 0.2) is 0 Å². The predicted molar refractivity (Wildman–Crippen MR) is 88.1 cm³/mol. The van der Waals surface area contributed by atoms with Gasteiger partial charge in [0.05, 0.1) is 16.8 Å². The smallest absolute Gasteiger partial charge is 0.387 e. The van der Waals surface area contributed by atoms with Crippen LogP contribution in [0.15, 0.2) is 48.8 Å². The van der Waals surface area contributed by atoms with Crippen molar-refractivity contribution in [1.29, 1.82) is 0 Å². The van der Waals surface area contributed by atoms with E-state index in [0.29, 0.717) is 5.52 Å². The Morgan fingerprint density at radius 1 is 1.31 bits per heavy atom. The maximum absolute atomic E-state index is 12.2. The van der Waals surface area contributed by atoms with Gasteiger partial charge in [-0.05, 0) is 18.2 Å². The first-order chi connectivity index (χ1) is 12.4. The molecule has 3 aromatic rings. The number of amides is 1. The van der Waals surface area contributed by atoms with Crippen LogP contribution in [0.4, 0.5) is 20.2 Å². The number of aromatic nitrogens is 2. The molecule has 10 heteroatoms. The van der Waals surface area contributed by atoms with E-state index in [1.54, 1.807) is 6.07 Å². The zero-order valence-electron chi connectivity index (χ0n) is 13.1. The number of halogens is 2. The first-order valence-corrected chi connectivity index (χ1v) is 7.37. The molecule has 8 nitrogen and oxygen atoms in total. The van der Waals surface area contributed by atoms with Crippen molar-refractivity contribution in [2.45, 2.75) is 13.2 Å². The van der Waals surface area contributed by atoms with Gasteiger partial charge in [0.1, 0.15) is 17.8 Å². The van der Waals surface area contributed by atoms with Crippen molar-refractivity contribution in [2.75, 3.05) is 5.32 Å². The van der Waals surface area contributed by atoms with E-state index in [2.05, 4.69) is 15.0 Å². The molecule has 0 saturated heterocycles. The Balaban J connectivity index is 1.79. The Morgan fingerprint density at radius 3 is 2.81 bits per heavy atom. The van der Waals surface area contributed by atoms with Gasteiger partial charge in [-0.15, -0.1) is 0 Å². The number of hydrogen-bond acceptors (Lipinski definition) is 5. The Labute approximate surface area is 145 Å². The molecule has 0 aliphatic heterocycles. The number of hydrogen-bond donors (Lipinski definition) is 1. The first kappa shape index (κ1) is 17.3. The molecule has 0 unspecified atom stereocenters. The minimum Gasteiger partial charge on any atom is -0.435 e. The van der Waals surface area contributed by atoms with E-state index in [1.165, 1.54) is 47.3 Å². The Bertz CT molecular complexity index is 974. The number of fused-ring (bicyclic) bond motifs is 1. The molecule has 0 atom stereocenters. The molecule has 26 heavy (non-hydrogen) atoms. The van der Waals surface area contributed by atoms with E-state index in [9.17, 15) is 23.7 Å². The second-order valence-electron chi connectivity index (χ2n) is 5.23. The summed E-state index contributed by atoms with van der Waals surface area (Å²) < 4.78 is 30.1. The summed E-state index contributed by atoms with van der Waals surface area (Å²) in [4.78, 5) is 26.9. The SMILES string of the molecule is O=C(Cn1cnc2cccc([N+](=O)[O-])c21)Nc1cccc(OC(F)F)c1. The topological polar surface area (TPSA) is 99.3 Å². The lowest BCUT2D eigenvalue weighted by Gasteiger charge is -2.09. The Morgan fingerprint density at radius 2 is 2.08 bits per heavy atom. The molecule has 0 saturated carbocycles. The molecule has 0 bridgehead atoms. The number of nitro groups is 1. The fourth-order valence-corrected chi connectivity index (χ4v) is 2.48. The van der Waals surface area contributed by atoms with E-state index < -0.39 is 17.4 Å². The molecule has 0 aliphatic rings. The lowest BCUT2D eigenvalue weighted by atomic mass is 10.2. The zero-order chi connectivity index (χ0) is 18.7. The molecule has 1 heterocycles. The average molecular weight is 362 g/mol. The normalized spacial score (nSPS) is 10.9. The number of rotatable bonds is 6. The minimum atomic E-state index is -2.97. The van der Waals surface area contributed by atoms with Crippen LogP contribution in [0.3, 0.4) is 0 Å². The predicted octanol–water partition coefficient (Wildman–Crippen LogP) is 3.18. The largest absolute Gasteiger partial charge is 0.435 e. The van der Waals surface area contributed by atoms with Crippen LogP contribution in [0.5, 0.6) is 5.75 Å². The number of ether oxygens (including phenoxy) is 1. The van der Waals surface area contributed by atoms with Crippen molar-refractivity contribution in [2.24, 2.45) is 0 Å². The van der Waals surface area contributed by atoms with Crippen molar-refractivity contribution >= 4 is 28.3 Å². The number of para-hydroxylation sites is 1. The molecular formula is C16H12F2N4O4. The number of nitrogens with one attached hydrogen (secondary N) is 1. The summed E-state index contributed by atoms with van der Waals surface area (Å²) in [6.07, 6.45) is 1.33. The molecule has 134 valence electrons. The van der Waals surface area contributed by atoms with Crippen LogP contribution < -0.4 is 10.1 Å². The molecule has 3 rings (SSSR count). The summed E-state index contributed by atoms with van der Waals surface area (Å²) in [6.45, 7) is -3.21. The molecule has 0 radical (unpaired) electrons. The quantitative estimate of drug-likeness (QED) is 0.536. The van der Waals surface area contributed by atoms with E-state index in [4.69, 9.17) is 0 Å². The number of imidazole rings is 1. The van der Waals surface area contributed by atoms with Gasteiger partial charge < -0.3 is 14.6 Å². The highest BCUT2D eigenvalue weighted by Crippen LogP contribution is 2.25. The number of nitro benzene ring substituents is 1. The molecule has 0 fully saturated rings. The second kappa shape index (κ2) is 7.13. The van der Waals surface area contributed by atoms with E-state index in [-0.39, 0.29) is 29.2 Å². The molecule has 2 aromatic carbocycles. The maximum atomic E-state index is 12.2. The van der Waals surface area contributed by atoms with Crippen LogP contribution >= 0.6 is 0 Å². The van der Waals surface area contributed by atoms with Gasteiger partial charge in [0.2, 0.25) is 5.91 Å². The average Bonchev–Trinajstić information content (AvgIpc) is 2.97. The summed E-state index contributed by atoms with van der Waals surface area (Å²) in [5.41, 5.74) is 0.703. The Kier molecular flexibility index (Phi) is 4.74. The molecular weight excluding hydrogens is 350 g/mol. The molecule has 0 aliphatic carbocycles. The lowest BCUT2D eigenvalue weighted by Crippen LogP contribution is -2.18. The zero-order valence-corrected chi connectivity index (χ0v) is 13.1. The number of non-ortho nitro benzene ring substituents is 1. The van der Waals surface area contributed by atoms with Crippen LogP contribution in [0.2, 0.25) is 0 Å². The first-order valence-electron chi connectivity index (χ1n) is 7.37. The van der Waals surface area contributed by atoms with Crippen LogP contribution in [0, 0.1) is 10.1 Å². The van der Waals surface area contributed by atoms with E-state index in [1.807, 2.05) is 0 Å². The van der Waals surface area contributed by atoms with Gasteiger partial charge >= 0.3 is 6.61 Å². The summed E-state index contributed by atoms with van der Waals surface area (Å²) in [6, 6.07) is 9.96. The van der Waals surface area contributed by atoms with Crippen molar-refractivity contribution in [3.05, 3.63) is 58.9 Å². The number of anilines is 1. The van der Waals surface area contributed by atoms with Crippen molar-refractivity contribution < 1.29 is 23.2 Å². The third-order valence-corrected chi connectivity index (χ3v) is 3.47. The van der Waals surface area contributed by atoms with Crippen molar-refractivity contribution in [3.8, 4) is 5.75 Å². The second-order valence-corrected chi connectivity index (χ2v) is 5.23. The standard InChI is InChI=1S/C16H12F2N4O4/c17-16(18)26-11-4-1-3-10(7-11)20-14(23)8-21-9-19-12-5-2-6-13(15(12)21)22(24)25/h1-7,9,16H,8H2,(H,20,23). The van der Waals surface area contributed by atoms with Gasteiger partial charge in [-0.25, -0.2) is 4.98 Å². The van der Waals surface area contributed by atoms with Crippen LogP contribution in [-0.4, -0.2) is 27.0 Å². The molecule has 1 aromatic heterocycles. The third-order valence-electron chi connectivity index (χ3n) is 3.47. The highest BCUT2D eigenvalue weighted by molar-refractivity contribution is 5.93. The number of carbonyl (C=O) groups is 1. The van der Waals surface area contributed by atoms with Crippen LogP contribution in [-0.2, 0) is 11.3 Å². The summed E-state index contributed by atoms with van der Waals surface area (Å²) in [5, 5.41) is 13.7. The highest BCUT2D eigenvalue weighted by Gasteiger charge is 2.18. The van der Waals surface area contributed by atoms with Gasteiger partial charge in [0, 0.05) is 17.8 Å². The number of carbonyl (C=O) groups excluding carboxylic acids is 1. The van der Waals surface area contributed by atoms with Crippen LogP contribution in [0.1, 0.15) is 0 Å². The molecule has 0 spiro atoms. The molecule has 1 amide bonds. The van der Waals surface area contributed by atoms with Gasteiger partial charge in [-0.2, -0.15) is 8.78 Å². The Hall–Kier alpha value is -3.56. The lowest BCUT2D eigenvalue weighted by molar-refractivity contribution is -0.383. The summed E-state index contributed by atoms with van der Waals surface area (Å²) >= 11 is 0. The third kappa shape index (κ3) is 3.74. The number of alkyl halides is 2. The van der Waals surface area contributed by atoms with E-state index >= 15 is 0 Å². The van der Waals surface area contributed by atoms with Crippen molar-refractivity contribution in [1.82, 2.24) is 9.55 Å². The van der Waals surface area contributed by atoms with Gasteiger partial charge in [0.25, 0.3) is 5.69 Å². The summed E-state index contributed by atoms with van der Waals surface area (Å²) in [5.74, 6) is -0.599.